The largest absolute Gasteiger partial charge is 0.493 e. The predicted octanol–water partition coefficient (Wildman–Crippen LogP) is 1.78. The van der Waals surface area contributed by atoms with E-state index in [1.54, 1.807) is 25.1 Å². The van der Waals surface area contributed by atoms with Gasteiger partial charge in [0.05, 0.1) is 27.1 Å². The lowest BCUT2D eigenvalue weighted by Crippen LogP contribution is -2.01. The SMILES string of the molecule is C#CCn1cnc(-c2cccc(OC)c2OC)c1N. The Balaban J connectivity index is 2.56. The van der Waals surface area contributed by atoms with Crippen LogP contribution in [0.3, 0.4) is 0 Å². The van der Waals surface area contributed by atoms with E-state index in [0.717, 1.165) is 5.56 Å². The molecule has 2 rings (SSSR count). The Hall–Kier alpha value is -2.61. The number of hydrogen-bond donors (Lipinski definition) is 1. The first-order chi connectivity index (χ1) is 9.22. The van der Waals surface area contributed by atoms with E-state index in [4.69, 9.17) is 21.6 Å². The highest BCUT2D eigenvalue weighted by Gasteiger charge is 2.17. The molecule has 2 N–H and O–H groups in total. The van der Waals surface area contributed by atoms with Gasteiger partial charge in [-0.3, -0.25) is 0 Å². The number of imidazole rings is 1. The number of nitrogens with two attached hydrogens (primary N) is 1. The van der Waals surface area contributed by atoms with Crippen molar-refractivity contribution in [3.05, 3.63) is 24.5 Å². The van der Waals surface area contributed by atoms with E-state index in [2.05, 4.69) is 10.9 Å². The second-order valence-corrected chi connectivity index (χ2v) is 3.85. The van der Waals surface area contributed by atoms with E-state index >= 15 is 0 Å². The third kappa shape index (κ3) is 2.20. The first-order valence-corrected chi connectivity index (χ1v) is 5.68. The monoisotopic (exact) mass is 257 g/mol. The quantitative estimate of drug-likeness (QED) is 0.848. The number of para-hydroxylation sites is 1. The summed E-state index contributed by atoms with van der Waals surface area (Å²) in [6.07, 6.45) is 6.89. The van der Waals surface area contributed by atoms with Gasteiger partial charge in [0.25, 0.3) is 0 Å². The number of methoxy groups -OCH3 is 2. The van der Waals surface area contributed by atoms with Crippen molar-refractivity contribution in [2.75, 3.05) is 20.0 Å². The molecule has 0 aliphatic heterocycles. The van der Waals surface area contributed by atoms with Crippen LogP contribution < -0.4 is 15.2 Å². The van der Waals surface area contributed by atoms with Gasteiger partial charge in [0.1, 0.15) is 11.5 Å². The summed E-state index contributed by atoms with van der Waals surface area (Å²) in [6.45, 7) is 0.380. The van der Waals surface area contributed by atoms with Crippen molar-refractivity contribution in [1.82, 2.24) is 9.55 Å². The number of nitrogens with zero attached hydrogens (tertiary/aromatic N) is 2. The average molecular weight is 257 g/mol. The van der Waals surface area contributed by atoms with Crippen LogP contribution in [0.5, 0.6) is 11.5 Å². The highest BCUT2D eigenvalue weighted by atomic mass is 16.5. The standard InChI is InChI=1S/C14H15N3O2/c1-4-8-17-9-16-12(14(17)15)10-6-5-7-11(18-2)13(10)19-3/h1,5-7,9H,8,15H2,2-3H3. The number of nitrogen functional groups attached to an aromatic ring is 1. The molecule has 1 aromatic heterocycles. The molecule has 1 aromatic carbocycles. The van der Waals surface area contributed by atoms with Crippen LogP contribution in [0.1, 0.15) is 0 Å². The Labute approximate surface area is 112 Å². The van der Waals surface area contributed by atoms with Gasteiger partial charge in [-0.1, -0.05) is 12.0 Å². The molecule has 98 valence electrons. The van der Waals surface area contributed by atoms with Gasteiger partial charge in [0.15, 0.2) is 11.5 Å². The van der Waals surface area contributed by atoms with Crippen molar-refractivity contribution in [3.8, 4) is 35.1 Å². The summed E-state index contributed by atoms with van der Waals surface area (Å²) in [5.74, 6) is 4.26. The van der Waals surface area contributed by atoms with E-state index in [0.29, 0.717) is 29.6 Å². The maximum absolute atomic E-state index is 6.05. The number of ether oxygens (including phenoxy) is 2. The zero-order chi connectivity index (χ0) is 13.8. The van der Waals surface area contributed by atoms with Crippen molar-refractivity contribution in [1.29, 1.82) is 0 Å². The summed E-state index contributed by atoms with van der Waals surface area (Å²) in [7, 11) is 3.16. The van der Waals surface area contributed by atoms with E-state index in [1.807, 2.05) is 18.2 Å². The average Bonchev–Trinajstić information content (AvgIpc) is 2.79. The van der Waals surface area contributed by atoms with Crippen LogP contribution in [0.15, 0.2) is 24.5 Å². The van der Waals surface area contributed by atoms with E-state index < -0.39 is 0 Å². The minimum atomic E-state index is 0.380. The fourth-order valence-corrected chi connectivity index (χ4v) is 1.90. The highest BCUT2D eigenvalue weighted by molar-refractivity contribution is 5.78. The molecule has 0 bridgehead atoms. The summed E-state index contributed by atoms with van der Waals surface area (Å²) in [5.41, 5.74) is 7.45. The molecule has 0 saturated heterocycles. The van der Waals surface area contributed by atoms with Crippen molar-refractivity contribution < 1.29 is 9.47 Å². The predicted molar refractivity (Wildman–Crippen MR) is 74.0 cm³/mol. The maximum atomic E-state index is 6.05. The number of hydrogen-bond acceptors (Lipinski definition) is 4. The second-order valence-electron chi connectivity index (χ2n) is 3.85. The number of aromatic nitrogens is 2. The first kappa shape index (κ1) is 12.8. The van der Waals surface area contributed by atoms with Crippen molar-refractivity contribution in [2.24, 2.45) is 0 Å². The molecule has 0 saturated carbocycles. The summed E-state index contributed by atoms with van der Waals surface area (Å²) >= 11 is 0. The maximum Gasteiger partial charge on any atom is 0.170 e. The molecule has 0 aliphatic rings. The lowest BCUT2D eigenvalue weighted by Gasteiger charge is -2.11. The van der Waals surface area contributed by atoms with Crippen molar-refractivity contribution >= 4 is 5.82 Å². The van der Waals surface area contributed by atoms with Gasteiger partial charge in [-0.2, -0.15) is 0 Å². The van der Waals surface area contributed by atoms with Gasteiger partial charge in [-0.05, 0) is 12.1 Å². The number of rotatable bonds is 4. The smallest absolute Gasteiger partial charge is 0.170 e. The topological polar surface area (TPSA) is 62.3 Å². The normalized spacial score (nSPS) is 9.95. The molecule has 0 spiro atoms. The third-order valence-electron chi connectivity index (χ3n) is 2.80. The third-order valence-corrected chi connectivity index (χ3v) is 2.80. The van der Waals surface area contributed by atoms with Gasteiger partial charge in [-0.15, -0.1) is 6.42 Å². The molecule has 1 heterocycles. The van der Waals surface area contributed by atoms with Crippen LogP contribution >= 0.6 is 0 Å². The molecular formula is C14H15N3O2. The minimum Gasteiger partial charge on any atom is -0.493 e. The Kier molecular flexibility index (Phi) is 3.62. The van der Waals surface area contributed by atoms with Gasteiger partial charge < -0.3 is 19.8 Å². The van der Waals surface area contributed by atoms with Gasteiger partial charge in [0, 0.05) is 5.56 Å². The van der Waals surface area contributed by atoms with Gasteiger partial charge >= 0.3 is 0 Å². The zero-order valence-corrected chi connectivity index (χ0v) is 10.9. The molecule has 0 amide bonds. The number of benzene rings is 1. The van der Waals surface area contributed by atoms with Crippen molar-refractivity contribution in [3.63, 3.8) is 0 Å². The van der Waals surface area contributed by atoms with Gasteiger partial charge in [-0.25, -0.2) is 4.98 Å². The molecule has 5 heteroatoms. The van der Waals surface area contributed by atoms with Crippen LogP contribution in [0.25, 0.3) is 11.3 Å². The Morgan fingerprint density at radius 1 is 1.37 bits per heavy atom. The molecule has 2 aromatic rings. The summed E-state index contributed by atoms with van der Waals surface area (Å²) in [5, 5.41) is 0. The molecule has 0 atom stereocenters. The summed E-state index contributed by atoms with van der Waals surface area (Å²) < 4.78 is 12.3. The highest BCUT2D eigenvalue weighted by Crippen LogP contribution is 2.39. The van der Waals surface area contributed by atoms with Crippen LogP contribution in [0, 0.1) is 12.3 Å². The first-order valence-electron chi connectivity index (χ1n) is 5.68. The number of terminal acetylenes is 1. The van der Waals surface area contributed by atoms with Crippen LogP contribution in [-0.4, -0.2) is 23.8 Å². The molecular weight excluding hydrogens is 242 g/mol. The van der Waals surface area contributed by atoms with Crippen LogP contribution in [-0.2, 0) is 6.54 Å². The molecule has 5 nitrogen and oxygen atoms in total. The van der Waals surface area contributed by atoms with E-state index in [-0.39, 0.29) is 0 Å². The van der Waals surface area contributed by atoms with E-state index in [9.17, 15) is 0 Å². The molecule has 0 fully saturated rings. The van der Waals surface area contributed by atoms with Crippen molar-refractivity contribution in [2.45, 2.75) is 6.54 Å². The molecule has 0 unspecified atom stereocenters. The van der Waals surface area contributed by atoms with Crippen LogP contribution in [0.2, 0.25) is 0 Å². The fourth-order valence-electron chi connectivity index (χ4n) is 1.90. The Morgan fingerprint density at radius 3 is 2.79 bits per heavy atom. The molecule has 0 aliphatic carbocycles. The molecule has 0 radical (unpaired) electrons. The Morgan fingerprint density at radius 2 is 2.16 bits per heavy atom. The van der Waals surface area contributed by atoms with E-state index in [1.165, 1.54) is 0 Å². The lowest BCUT2D eigenvalue weighted by molar-refractivity contribution is 0.356. The minimum absolute atomic E-state index is 0.380. The summed E-state index contributed by atoms with van der Waals surface area (Å²) in [6, 6.07) is 5.55. The lowest BCUT2D eigenvalue weighted by atomic mass is 10.1. The molecule has 19 heavy (non-hydrogen) atoms. The van der Waals surface area contributed by atoms with Gasteiger partial charge in [0.2, 0.25) is 0 Å². The second kappa shape index (κ2) is 5.36. The number of anilines is 1. The van der Waals surface area contributed by atoms with Crippen LogP contribution in [0.4, 0.5) is 5.82 Å². The zero-order valence-electron chi connectivity index (χ0n) is 10.9. The Bertz CT molecular complexity index is 626. The summed E-state index contributed by atoms with van der Waals surface area (Å²) in [4.78, 5) is 4.30. The fraction of sp³-hybridized carbons (Fsp3) is 0.214.